The molecular formula is C52H59F. The third-order valence-corrected chi connectivity index (χ3v) is 12.1. The van der Waals surface area contributed by atoms with Crippen molar-refractivity contribution >= 4 is 0 Å². The van der Waals surface area contributed by atoms with Gasteiger partial charge in [-0.2, -0.15) is 0 Å². The molecule has 53 heavy (non-hydrogen) atoms. The summed E-state index contributed by atoms with van der Waals surface area (Å²) in [5.41, 5.74) is 14.2. The highest BCUT2D eigenvalue weighted by Gasteiger charge is 2.21. The van der Waals surface area contributed by atoms with Crippen LogP contribution in [-0.4, -0.2) is 0 Å². The first-order valence-electron chi connectivity index (χ1n) is 20.0. The maximum Gasteiger partial charge on any atom is 0.131 e. The molecule has 0 aliphatic heterocycles. The van der Waals surface area contributed by atoms with E-state index in [1.807, 2.05) is 43.3 Å². The van der Waals surface area contributed by atoms with Crippen LogP contribution < -0.4 is 0 Å². The Hall–Kier alpha value is -4.75. The minimum absolute atomic E-state index is 0. The lowest BCUT2D eigenvalue weighted by atomic mass is 9.79. The molecule has 2 aliphatic rings. The zero-order chi connectivity index (χ0) is 36.7. The SMILES string of the molecule is Cc1ccc(-c2ccc(-c3ccc(C4CCC(C)CC4)cc3)cc2)cc1.Cc1ccc(-c2ccc(-c3ccc(C4CCC(C)CC4)cc3)cc2F)cc1.[HH].[HH]. The first-order chi connectivity index (χ1) is 25.8. The molecule has 0 spiro atoms. The van der Waals surface area contributed by atoms with Crippen molar-refractivity contribution in [3.05, 3.63) is 168 Å². The number of benzene rings is 6. The van der Waals surface area contributed by atoms with Crippen molar-refractivity contribution in [2.75, 3.05) is 0 Å². The Morgan fingerprint density at radius 3 is 1.06 bits per heavy atom. The molecule has 2 aliphatic carbocycles. The molecule has 0 aromatic heterocycles. The highest BCUT2D eigenvalue weighted by atomic mass is 19.1. The molecule has 6 aromatic rings. The molecule has 0 heterocycles. The summed E-state index contributed by atoms with van der Waals surface area (Å²) in [4.78, 5) is 0. The molecule has 0 radical (unpaired) electrons. The van der Waals surface area contributed by atoms with Crippen LogP contribution >= 0.6 is 0 Å². The van der Waals surface area contributed by atoms with Crippen LogP contribution in [0, 0.1) is 31.5 Å². The van der Waals surface area contributed by atoms with Crippen molar-refractivity contribution in [1.29, 1.82) is 0 Å². The van der Waals surface area contributed by atoms with Gasteiger partial charge in [0.25, 0.3) is 0 Å². The second-order valence-electron chi connectivity index (χ2n) is 16.2. The van der Waals surface area contributed by atoms with Gasteiger partial charge in [0.2, 0.25) is 0 Å². The minimum atomic E-state index is -0.165. The predicted molar refractivity (Wildman–Crippen MR) is 229 cm³/mol. The highest BCUT2D eigenvalue weighted by Crippen LogP contribution is 2.38. The van der Waals surface area contributed by atoms with Gasteiger partial charge in [0.15, 0.2) is 0 Å². The number of rotatable bonds is 6. The Morgan fingerprint density at radius 1 is 0.377 bits per heavy atom. The van der Waals surface area contributed by atoms with Crippen LogP contribution in [0.25, 0.3) is 44.5 Å². The predicted octanol–water partition coefficient (Wildman–Crippen LogP) is 15.9. The van der Waals surface area contributed by atoms with Crippen molar-refractivity contribution in [3.8, 4) is 44.5 Å². The van der Waals surface area contributed by atoms with E-state index in [-0.39, 0.29) is 8.67 Å². The monoisotopic (exact) mass is 702 g/mol. The topological polar surface area (TPSA) is 0 Å². The van der Waals surface area contributed by atoms with Crippen LogP contribution in [0.2, 0.25) is 0 Å². The molecule has 8 rings (SSSR count). The molecule has 1 heteroatoms. The summed E-state index contributed by atoms with van der Waals surface area (Å²) in [6.45, 7) is 8.92. The molecule has 0 nitrogen and oxygen atoms in total. The molecule has 274 valence electrons. The van der Waals surface area contributed by atoms with E-state index >= 15 is 0 Å². The summed E-state index contributed by atoms with van der Waals surface area (Å²) in [5.74, 6) is 3.08. The van der Waals surface area contributed by atoms with Crippen LogP contribution in [0.4, 0.5) is 4.39 Å². The second kappa shape index (κ2) is 16.9. The summed E-state index contributed by atoms with van der Waals surface area (Å²) in [7, 11) is 0. The van der Waals surface area contributed by atoms with Gasteiger partial charge in [-0.1, -0.05) is 184 Å². The molecule has 0 atom stereocenters. The summed E-state index contributed by atoms with van der Waals surface area (Å²) >= 11 is 0. The van der Waals surface area contributed by atoms with Crippen LogP contribution in [0.3, 0.4) is 0 Å². The maximum absolute atomic E-state index is 14.7. The van der Waals surface area contributed by atoms with Gasteiger partial charge < -0.3 is 0 Å². The Bertz CT molecular complexity index is 2050. The van der Waals surface area contributed by atoms with E-state index in [1.54, 1.807) is 6.07 Å². The van der Waals surface area contributed by atoms with E-state index in [0.29, 0.717) is 11.5 Å². The molecular weight excluding hydrogens is 644 g/mol. The van der Waals surface area contributed by atoms with E-state index in [0.717, 1.165) is 34.4 Å². The van der Waals surface area contributed by atoms with Crippen LogP contribution in [-0.2, 0) is 0 Å². The lowest BCUT2D eigenvalue weighted by Crippen LogP contribution is -2.10. The van der Waals surface area contributed by atoms with Crippen molar-refractivity contribution < 1.29 is 7.24 Å². The van der Waals surface area contributed by atoms with Gasteiger partial charge in [-0.25, -0.2) is 4.39 Å². The van der Waals surface area contributed by atoms with Gasteiger partial charge in [-0.05, 0) is 119 Å². The average Bonchev–Trinajstić information content (AvgIpc) is 3.20. The van der Waals surface area contributed by atoms with Crippen molar-refractivity contribution in [2.24, 2.45) is 11.8 Å². The maximum atomic E-state index is 14.7. The number of halogens is 1. The number of aryl methyl sites for hydroxylation is 2. The minimum Gasteiger partial charge on any atom is -0.206 e. The third-order valence-electron chi connectivity index (χ3n) is 12.1. The van der Waals surface area contributed by atoms with Gasteiger partial charge in [0.05, 0.1) is 0 Å². The van der Waals surface area contributed by atoms with Crippen molar-refractivity contribution in [1.82, 2.24) is 0 Å². The smallest absolute Gasteiger partial charge is 0.131 e. The van der Waals surface area contributed by atoms with E-state index in [1.165, 1.54) is 95.9 Å². The van der Waals surface area contributed by atoms with Gasteiger partial charge in [0, 0.05) is 8.42 Å². The summed E-state index contributed by atoms with van der Waals surface area (Å²) in [6.07, 6.45) is 10.7. The van der Waals surface area contributed by atoms with Crippen molar-refractivity contribution in [3.63, 3.8) is 0 Å². The summed E-state index contributed by atoms with van der Waals surface area (Å²) < 4.78 is 14.7. The average molecular weight is 703 g/mol. The molecule has 0 unspecified atom stereocenters. The zero-order valence-corrected chi connectivity index (χ0v) is 32.1. The van der Waals surface area contributed by atoms with Gasteiger partial charge in [-0.15, -0.1) is 0 Å². The Labute approximate surface area is 321 Å². The quantitative estimate of drug-likeness (QED) is 0.162. The number of hydrogen-bond acceptors (Lipinski definition) is 0. The van der Waals surface area contributed by atoms with Crippen LogP contribution in [0.1, 0.15) is 102 Å². The highest BCUT2D eigenvalue weighted by molar-refractivity contribution is 5.72. The second-order valence-corrected chi connectivity index (χ2v) is 16.2. The van der Waals surface area contributed by atoms with Gasteiger partial charge in [0.1, 0.15) is 5.82 Å². The molecule has 6 aromatic carbocycles. The summed E-state index contributed by atoms with van der Waals surface area (Å²) in [5, 5.41) is 0. The lowest BCUT2D eigenvalue weighted by molar-refractivity contribution is 0.348. The Kier molecular flexibility index (Phi) is 11.7. The van der Waals surface area contributed by atoms with E-state index < -0.39 is 0 Å². The fourth-order valence-electron chi connectivity index (χ4n) is 8.35. The standard InChI is InChI=1S/C26H27F.C26H28.2H2/c1-18-3-7-20(8-4-18)21-11-13-22(14-12-21)24-15-16-25(26(27)17-24)23-9-5-19(2)6-10-23;1-19-3-7-21(8-4-19)23-11-15-25(16-12-23)26-17-13-24(14-18-26)22-9-5-20(2)6-10-22;;/h5-6,9-18,20H,3-4,7-8H2,1-2H3;3-4,7-8,11-18,20,22H,5-6,9-10H2,1-2H3;2*1H. The zero-order valence-electron chi connectivity index (χ0n) is 32.1. The van der Waals surface area contributed by atoms with Crippen LogP contribution in [0.5, 0.6) is 0 Å². The Balaban J connectivity index is 0.000000204. The van der Waals surface area contributed by atoms with E-state index in [2.05, 4.69) is 118 Å². The largest absolute Gasteiger partial charge is 0.206 e. The number of hydrogen-bond donors (Lipinski definition) is 0. The molecule has 0 bridgehead atoms. The fourth-order valence-corrected chi connectivity index (χ4v) is 8.35. The van der Waals surface area contributed by atoms with Gasteiger partial charge >= 0.3 is 0 Å². The molecule has 2 saturated carbocycles. The summed E-state index contributed by atoms with van der Waals surface area (Å²) in [6, 6.07) is 49.3. The molecule has 2 fully saturated rings. The first-order valence-corrected chi connectivity index (χ1v) is 20.0. The molecule has 0 N–H and O–H groups in total. The van der Waals surface area contributed by atoms with Crippen LogP contribution in [0.15, 0.2) is 140 Å². The normalized spacial score (nSPS) is 19.9. The van der Waals surface area contributed by atoms with E-state index in [4.69, 9.17) is 0 Å². The molecule has 0 saturated heterocycles. The third kappa shape index (κ3) is 9.25. The lowest BCUT2D eigenvalue weighted by Gasteiger charge is -2.26. The van der Waals surface area contributed by atoms with Crippen molar-refractivity contribution in [2.45, 2.75) is 90.9 Å². The molecule has 0 amide bonds. The Morgan fingerprint density at radius 2 is 0.679 bits per heavy atom. The first kappa shape index (κ1) is 36.6. The fraction of sp³-hybridized carbons (Fsp3) is 0.308. The van der Waals surface area contributed by atoms with Gasteiger partial charge in [-0.3, -0.25) is 0 Å². The van der Waals surface area contributed by atoms with E-state index in [9.17, 15) is 4.39 Å².